The molecule has 0 fully saturated rings. The topological polar surface area (TPSA) is 67.1 Å². The highest BCUT2D eigenvalue weighted by Crippen LogP contribution is 2.13. The number of nitrogens with two attached hydrogens (primary N) is 1. The van der Waals surface area contributed by atoms with Crippen molar-refractivity contribution in [2.45, 2.75) is 19.4 Å². The summed E-state index contributed by atoms with van der Waals surface area (Å²) in [5.41, 5.74) is 8.67. The first-order valence-corrected chi connectivity index (χ1v) is 8.49. The largest absolute Gasteiger partial charge is 0.391 e. The van der Waals surface area contributed by atoms with Crippen molar-refractivity contribution in [1.29, 1.82) is 0 Å². The van der Waals surface area contributed by atoms with Crippen LogP contribution < -0.4 is 16.4 Å². The molecule has 4 N–H and O–H groups in total. The Balaban J connectivity index is 1.64. The van der Waals surface area contributed by atoms with Gasteiger partial charge >= 0.3 is 0 Å². The van der Waals surface area contributed by atoms with E-state index in [-0.39, 0.29) is 5.91 Å². The summed E-state index contributed by atoms with van der Waals surface area (Å²) >= 11 is 0. The number of benzene rings is 2. The number of hydrogen-bond acceptors (Lipinski definition) is 3. The molecule has 0 aliphatic carbocycles. The van der Waals surface area contributed by atoms with Crippen LogP contribution in [0.1, 0.15) is 17.5 Å². The number of carbonyl (C=O) groups is 1. The first kappa shape index (κ1) is 18.5. The predicted octanol–water partition coefficient (Wildman–Crippen LogP) is 3.38. The summed E-state index contributed by atoms with van der Waals surface area (Å²) in [4.78, 5) is 11.9. The van der Waals surface area contributed by atoms with Crippen molar-refractivity contribution in [1.82, 2.24) is 5.32 Å². The zero-order chi connectivity index (χ0) is 17.7. The van der Waals surface area contributed by atoms with Crippen LogP contribution in [0.15, 0.2) is 79.0 Å². The lowest BCUT2D eigenvalue weighted by molar-refractivity contribution is -0.111. The molecule has 130 valence electrons. The number of rotatable bonds is 9. The molecule has 0 saturated carbocycles. The van der Waals surface area contributed by atoms with Gasteiger partial charge in [-0.15, -0.1) is 0 Å². The van der Waals surface area contributed by atoms with Gasteiger partial charge in [0.25, 0.3) is 0 Å². The molecule has 0 radical (unpaired) electrons. The summed E-state index contributed by atoms with van der Waals surface area (Å²) in [5.74, 6) is -0.172. The van der Waals surface area contributed by atoms with E-state index in [1.165, 1.54) is 11.6 Å². The molecular weight excluding hydrogens is 310 g/mol. The molecule has 0 bridgehead atoms. The van der Waals surface area contributed by atoms with Gasteiger partial charge in [0.1, 0.15) is 0 Å². The van der Waals surface area contributed by atoms with Gasteiger partial charge in [-0.3, -0.25) is 4.79 Å². The molecule has 0 atom stereocenters. The van der Waals surface area contributed by atoms with Crippen LogP contribution in [0.4, 0.5) is 5.69 Å². The maximum Gasteiger partial charge on any atom is 0.248 e. The number of allylic oxidation sites excluding steroid dienone is 2. The van der Waals surface area contributed by atoms with Crippen LogP contribution >= 0.6 is 0 Å². The van der Waals surface area contributed by atoms with Crippen LogP contribution in [-0.4, -0.2) is 12.5 Å². The lowest BCUT2D eigenvalue weighted by Gasteiger charge is -2.07. The Morgan fingerprint density at radius 2 is 1.76 bits per heavy atom. The van der Waals surface area contributed by atoms with E-state index >= 15 is 0 Å². The van der Waals surface area contributed by atoms with E-state index in [2.05, 4.69) is 34.9 Å². The van der Waals surface area contributed by atoms with Crippen molar-refractivity contribution in [2.75, 3.05) is 11.9 Å². The van der Waals surface area contributed by atoms with Crippen molar-refractivity contribution >= 4 is 11.6 Å². The maximum absolute atomic E-state index is 11.9. The van der Waals surface area contributed by atoms with Gasteiger partial charge < -0.3 is 16.4 Å². The van der Waals surface area contributed by atoms with Crippen molar-refractivity contribution in [3.05, 3.63) is 90.2 Å². The molecule has 0 unspecified atom stereocenters. The van der Waals surface area contributed by atoms with Crippen molar-refractivity contribution in [3.63, 3.8) is 0 Å². The molecule has 0 aromatic heterocycles. The SMILES string of the molecule is NCc1ccccc1NC(=O)/C=C/C=C/NCCCc1ccccc1. The number of amides is 1. The Morgan fingerprint density at radius 3 is 2.56 bits per heavy atom. The fraction of sp³-hybridized carbons (Fsp3) is 0.190. The minimum atomic E-state index is -0.172. The Kier molecular flexibility index (Phi) is 8.01. The fourth-order valence-corrected chi connectivity index (χ4v) is 2.38. The van der Waals surface area contributed by atoms with Crippen LogP contribution in [0.5, 0.6) is 0 Å². The first-order chi connectivity index (χ1) is 12.3. The Bertz CT molecular complexity index is 708. The number of aryl methyl sites for hydroxylation is 1. The van der Waals surface area contributed by atoms with Crippen LogP contribution in [0.25, 0.3) is 0 Å². The van der Waals surface area contributed by atoms with E-state index in [0.29, 0.717) is 6.54 Å². The molecular formula is C21H25N3O. The third-order valence-electron chi connectivity index (χ3n) is 3.70. The molecule has 2 aromatic carbocycles. The number of nitrogens with one attached hydrogen (secondary N) is 2. The quantitative estimate of drug-likeness (QED) is 0.374. The number of hydrogen-bond donors (Lipinski definition) is 3. The zero-order valence-corrected chi connectivity index (χ0v) is 14.3. The van der Waals surface area contributed by atoms with Crippen LogP contribution in [-0.2, 0) is 17.8 Å². The van der Waals surface area contributed by atoms with Crippen LogP contribution in [0.2, 0.25) is 0 Å². The molecule has 25 heavy (non-hydrogen) atoms. The minimum Gasteiger partial charge on any atom is -0.391 e. The Hall–Kier alpha value is -2.85. The normalized spacial score (nSPS) is 11.1. The summed E-state index contributed by atoms with van der Waals surface area (Å²) in [6, 6.07) is 17.9. The number of anilines is 1. The summed E-state index contributed by atoms with van der Waals surface area (Å²) in [6.07, 6.45) is 8.99. The predicted molar refractivity (Wildman–Crippen MR) is 104 cm³/mol. The second-order valence-electron chi connectivity index (χ2n) is 5.61. The van der Waals surface area contributed by atoms with E-state index in [0.717, 1.165) is 30.6 Å². The van der Waals surface area contributed by atoms with Crippen LogP contribution in [0, 0.1) is 0 Å². The van der Waals surface area contributed by atoms with Gasteiger partial charge in [-0.25, -0.2) is 0 Å². The van der Waals surface area contributed by atoms with Gasteiger partial charge in [-0.1, -0.05) is 54.6 Å². The average Bonchev–Trinajstić information content (AvgIpc) is 2.65. The minimum absolute atomic E-state index is 0.172. The van der Waals surface area contributed by atoms with Gasteiger partial charge in [-0.05, 0) is 42.3 Å². The molecule has 1 amide bonds. The van der Waals surface area contributed by atoms with E-state index in [1.807, 2.05) is 42.6 Å². The summed E-state index contributed by atoms with van der Waals surface area (Å²) in [7, 11) is 0. The van der Waals surface area contributed by atoms with Gasteiger partial charge in [0.2, 0.25) is 5.91 Å². The third-order valence-corrected chi connectivity index (χ3v) is 3.70. The number of para-hydroxylation sites is 1. The lowest BCUT2D eigenvalue weighted by atomic mass is 10.1. The molecule has 2 aromatic rings. The fourth-order valence-electron chi connectivity index (χ4n) is 2.38. The van der Waals surface area contributed by atoms with E-state index in [9.17, 15) is 4.79 Å². The smallest absolute Gasteiger partial charge is 0.248 e. The summed E-state index contributed by atoms with van der Waals surface area (Å²) in [6.45, 7) is 1.29. The standard InChI is InChI=1S/C21H25N3O/c22-17-19-12-4-5-13-20(19)24-21(25)14-6-7-15-23-16-8-11-18-9-2-1-3-10-18/h1-7,9-10,12-15,23H,8,11,16-17,22H2,(H,24,25)/b14-6+,15-7+. The third kappa shape index (κ3) is 7.06. The van der Waals surface area contributed by atoms with E-state index in [1.54, 1.807) is 6.08 Å². The second-order valence-corrected chi connectivity index (χ2v) is 5.61. The van der Waals surface area contributed by atoms with Crippen molar-refractivity contribution in [3.8, 4) is 0 Å². The zero-order valence-electron chi connectivity index (χ0n) is 14.3. The second kappa shape index (κ2) is 10.8. The summed E-state index contributed by atoms with van der Waals surface area (Å²) < 4.78 is 0. The van der Waals surface area contributed by atoms with Gasteiger partial charge in [0, 0.05) is 24.9 Å². The molecule has 0 spiro atoms. The molecule has 4 nitrogen and oxygen atoms in total. The first-order valence-electron chi connectivity index (χ1n) is 8.49. The molecule has 0 aliphatic rings. The Labute approximate surface area is 149 Å². The molecule has 0 saturated heterocycles. The highest BCUT2D eigenvalue weighted by atomic mass is 16.1. The van der Waals surface area contributed by atoms with Crippen LogP contribution in [0.3, 0.4) is 0 Å². The highest BCUT2D eigenvalue weighted by molar-refractivity contribution is 5.99. The number of carbonyl (C=O) groups excluding carboxylic acids is 1. The molecule has 0 heterocycles. The monoisotopic (exact) mass is 335 g/mol. The Morgan fingerprint density at radius 1 is 1.00 bits per heavy atom. The van der Waals surface area contributed by atoms with Gasteiger partial charge in [0.05, 0.1) is 0 Å². The van der Waals surface area contributed by atoms with Gasteiger partial charge in [0.15, 0.2) is 0 Å². The van der Waals surface area contributed by atoms with Crippen molar-refractivity contribution < 1.29 is 4.79 Å². The molecule has 0 aliphatic heterocycles. The maximum atomic E-state index is 11.9. The molecule has 2 rings (SSSR count). The highest BCUT2D eigenvalue weighted by Gasteiger charge is 2.01. The lowest BCUT2D eigenvalue weighted by Crippen LogP contribution is -2.11. The summed E-state index contributed by atoms with van der Waals surface area (Å²) in [5, 5.41) is 6.05. The van der Waals surface area contributed by atoms with Crippen molar-refractivity contribution in [2.24, 2.45) is 5.73 Å². The van der Waals surface area contributed by atoms with Gasteiger partial charge in [-0.2, -0.15) is 0 Å². The average molecular weight is 335 g/mol. The van der Waals surface area contributed by atoms with E-state index in [4.69, 9.17) is 5.73 Å². The van der Waals surface area contributed by atoms with E-state index < -0.39 is 0 Å². The molecule has 4 heteroatoms.